The summed E-state index contributed by atoms with van der Waals surface area (Å²) in [6, 6.07) is 5.88. The van der Waals surface area contributed by atoms with Gasteiger partial charge in [0.15, 0.2) is 0 Å². The van der Waals surface area contributed by atoms with E-state index < -0.39 is 5.97 Å². The Morgan fingerprint density at radius 3 is 2.79 bits per heavy atom. The van der Waals surface area contributed by atoms with Gasteiger partial charge in [0, 0.05) is 24.7 Å². The van der Waals surface area contributed by atoms with Crippen LogP contribution in [-0.4, -0.2) is 25.4 Å². The van der Waals surface area contributed by atoms with E-state index in [9.17, 15) is 9.90 Å². The van der Waals surface area contributed by atoms with Crippen molar-refractivity contribution in [1.29, 1.82) is 0 Å². The molecule has 8 heteroatoms. The van der Waals surface area contributed by atoms with Crippen LogP contribution < -0.4 is 11.1 Å². The van der Waals surface area contributed by atoms with Crippen LogP contribution in [0.1, 0.15) is 54.7 Å². The second-order valence-corrected chi connectivity index (χ2v) is 8.36. The maximum absolute atomic E-state index is 11.3. The first-order valence-corrected chi connectivity index (χ1v) is 10.3. The molecule has 7 nitrogen and oxygen atoms in total. The fraction of sp³-hybridized carbons (Fsp3) is 0.381. The third kappa shape index (κ3) is 3.00. The molecule has 1 aromatic carbocycles. The Hall–Kier alpha value is -2.80. The molecule has 1 fully saturated rings. The normalized spacial score (nSPS) is 23.7. The van der Waals surface area contributed by atoms with Gasteiger partial charge in [-0.3, -0.25) is 9.20 Å². The van der Waals surface area contributed by atoms with E-state index in [1.807, 2.05) is 22.7 Å². The van der Waals surface area contributed by atoms with Crippen LogP contribution in [0.2, 0.25) is 5.02 Å². The number of carbonyl (C=O) groups is 1. The molecular weight excluding hydrogens is 390 g/mol. The zero-order valence-electron chi connectivity index (χ0n) is 15.8. The number of carboxylic acids is 1. The van der Waals surface area contributed by atoms with Gasteiger partial charge in [-0.1, -0.05) is 23.7 Å². The quantitative estimate of drug-likeness (QED) is 0.600. The SMILES string of the molecule is Nc1nccn2c1c(C1Cc3cccc(Cl)c3N1)nc2[C@H]1CC[C@@H](C(=O)O)CC1. The third-order valence-corrected chi connectivity index (χ3v) is 6.57. The molecule has 0 spiro atoms. The number of halogens is 1. The lowest BCUT2D eigenvalue weighted by Gasteiger charge is -2.25. The lowest BCUT2D eigenvalue weighted by Crippen LogP contribution is -2.21. The average molecular weight is 412 g/mol. The van der Waals surface area contributed by atoms with Gasteiger partial charge in [-0.05, 0) is 37.3 Å². The first-order chi connectivity index (χ1) is 14.0. The summed E-state index contributed by atoms with van der Waals surface area (Å²) in [4.78, 5) is 20.6. The third-order valence-electron chi connectivity index (χ3n) is 6.25. The summed E-state index contributed by atoms with van der Waals surface area (Å²) >= 11 is 6.36. The molecule has 1 unspecified atom stereocenters. The van der Waals surface area contributed by atoms with Crippen molar-refractivity contribution < 1.29 is 9.90 Å². The van der Waals surface area contributed by atoms with Crippen molar-refractivity contribution >= 4 is 34.6 Å². The Kier molecular flexibility index (Phi) is 4.35. The van der Waals surface area contributed by atoms with Crippen molar-refractivity contribution in [2.24, 2.45) is 5.92 Å². The molecule has 1 saturated carbocycles. The number of rotatable bonds is 3. The van der Waals surface area contributed by atoms with E-state index in [2.05, 4.69) is 16.4 Å². The Labute approximate surface area is 172 Å². The Morgan fingerprint density at radius 1 is 1.28 bits per heavy atom. The molecule has 0 radical (unpaired) electrons. The van der Waals surface area contributed by atoms with Crippen LogP contribution in [-0.2, 0) is 11.2 Å². The number of imidazole rings is 1. The lowest BCUT2D eigenvalue weighted by atomic mass is 9.81. The Morgan fingerprint density at radius 2 is 2.07 bits per heavy atom. The number of aromatic nitrogens is 3. The molecule has 1 aliphatic carbocycles. The molecule has 1 atom stereocenters. The van der Waals surface area contributed by atoms with Crippen LogP contribution in [0, 0.1) is 5.92 Å². The van der Waals surface area contributed by atoms with Crippen LogP contribution >= 0.6 is 11.6 Å². The lowest BCUT2D eigenvalue weighted by molar-refractivity contribution is -0.142. The van der Waals surface area contributed by atoms with Crippen LogP contribution in [0.4, 0.5) is 11.5 Å². The number of hydrogen-bond acceptors (Lipinski definition) is 5. The molecule has 2 aromatic heterocycles. The van der Waals surface area contributed by atoms with Gasteiger partial charge in [0.1, 0.15) is 17.2 Å². The van der Waals surface area contributed by atoms with Gasteiger partial charge < -0.3 is 16.2 Å². The van der Waals surface area contributed by atoms with Gasteiger partial charge in [0.2, 0.25) is 0 Å². The van der Waals surface area contributed by atoms with Crippen LogP contribution in [0.5, 0.6) is 0 Å². The molecule has 4 N–H and O–H groups in total. The average Bonchev–Trinajstić information content (AvgIpc) is 3.31. The number of fused-ring (bicyclic) bond motifs is 2. The largest absolute Gasteiger partial charge is 0.481 e. The highest BCUT2D eigenvalue weighted by Gasteiger charge is 2.33. The van der Waals surface area contributed by atoms with Crippen molar-refractivity contribution in [1.82, 2.24) is 14.4 Å². The Bertz CT molecular complexity index is 1100. The minimum atomic E-state index is -0.699. The zero-order valence-corrected chi connectivity index (χ0v) is 16.6. The molecule has 0 saturated heterocycles. The number of nitrogens with zero attached hydrogens (tertiary/aromatic N) is 3. The minimum absolute atomic E-state index is 0.0319. The van der Waals surface area contributed by atoms with E-state index in [0.717, 1.165) is 47.5 Å². The second kappa shape index (κ2) is 6.91. The molecule has 3 aromatic rings. The predicted molar refractivity (Wildman–Crippen MR) is 111 cm³/mol. The minimum Gasteiger partial charge on any atom is -0.481 e. The van der Waals surface area contributed by atoms with E-state index in [-0.39, 0.29) is 17.9 Å². The molecule has 2 aliphatic rings. The second-order valence-electron chi connectivity index (χ2n) is 7.95. The highest BCUT2D eigenvalue weighted by Crippen LogP contribution is 2.42. The number of para-hydroxylation sites is 1. The van der Waals surface area contributed by atoms with E-state index in [4.69, 9.17) is 22.3 Å². The van der Waals surface area contributed by atoms with E-state index in [1.165, 1.54) is 0 Å². The van der Waals surface area contributed by atoms with Crippen LogP contribution in [0.25, 0.3) is 5.52 Å². The maximum atomic E-state index is 11.3. The van der Waals surface area contributed by atoms with Gasteiger partial charge >= 0.3 is 5.97 Å². The van der Waals surface area contributed by atoms with Gasteiger partial charge in [-0.2, -0.15) is 0 Å². The van der Waals surface area contributed by atoms with Crippen molar-refractivity contribution in [2.45, 2.75) is 44.1 Å². The number of anilines is 2. The number of nitrogens with two attached hydrogens (primary N) is 1. The van der Waals surface area contributed by atoms with Gasteiger partial charge in [0.25, 0.3) is 0 Å². The summed E-state index contributed by atoms with van der Waals surface area (Å²) in [5.41, 5.74) is 10.1. The molecule has 5 rings (SSSR count). The summed E-state index contributed by atoms with van der Waals surface area (Å²) in [5.74, 6) is 0.648. The van der Waals surface area contributed by atoms with Crippen molar-refractivity contribution in [3.05, 3.63) is 52.7 Å². The summed E-state index contributed by atoms with van der Waals surface area (Å²) < 4.78 is 2.04. The van der Waals surface area contributed by atoms with Gasteiger partial charge in [-0.15, -0.1) is 0 Å². The number of aliphatic carboxylic acids is 1. The van der Waals surface area contributed by atoms with E-state index >= 15 is 0 Å². The number of carboxylic acid groups (broad SMARTS) is 1. The van der Waals surface area contributed by atoms with Crippen LogP contribution in [0.15, 0.2) is 30.6 Å². The molecule has 3 heterocycles. The first kappa shape index (κ1) is 18.2. The van der Waals surface area contributed by atoms with Crippen molar-refractivity contribution in [3.8, 4) is 0 Å². The molecule has 0 amide bonds. The molecule has 29 heavy (non-hydrogen) atoms. The number of hydrogen-bond donors (Lipinski definition) is 3. The zero-order chi connectivity index (χ0) is 20.1. The fourth-order valence-electron chi connectivity index (χ4n) is 4.76. The van der Waals surface area contributed by atoms with Crippen molar-refractivity contribution in [3.63, 3.8) is 0 Å². The molecule has 150 valence electrons. The first-order valence-electron chi connectivity index (χ1n) is 9.92. The van der Waals surface area contributed by atoms with Gasteiger partial charge in [0.05, 0.1) is 28.4 Å². The summed E-state index contributed by atoms with van der Waals surface area (Å²) in [6.45, 7) is 0. The topological polar surface area (TPSA) is 106 Å². The predicted octanol–water partition coefficient (Wildman–Crippen LogP) is 4.03. The van der Waals surface area contributed by atoms with Crippen LogP contribution in [0.3, 0.4) is 0 Å². The number of nitrogen functional groups attached to an aromatic ring is 1. The number of benzene rings is 1. The molecule has 0 bridgehead atoms. The highest BCUT2D eigenvalue weighted by atomic mass is 35.5. The molecular formula is C21H22ClN5O2. The highest BCUT2D eigenvalue weighted by molar-refractivity contribution is 6.33. The molecule has 1 aliphatic heterocycles. The van der Waals surface area contributed by atoms with E-state index in [0.29, 0.717) is 23.7 Å². The fourth-order valence-corrected chi connectivity index (χ4v) is 5.00. The monoisotopic (exact) mass is 411 g/mol. The maximum Gasteiger partial charge on any atom is 0.306 e. The van der Waals surface area contributed by atoms with Crippen molar-refractivity contribution in [2.75, 3.05) is 11.1 Å². The smallest absolute Gasteiger partial charge is 0.306 e. The van der Waals surface area contributed by atoms with E-state index in [1.54, 1.807) is 6.20 Å². The summed E-state index contributed by atoms with van der Waals surface area (Å²) in [7, 11) is 0. The Balaban J connectivity index is 1.53. The standard InChI is InChI=1S/C21H22ClN5O2/c22-14-3-1-2-13-10-15(25-16(13)14)17-18-19(23)24-8-9-27(18)20(26-17)11-4-6-12(7-5-11)21(28)29/h1-3,8-9,11-12,15,25H,4-7,10H2,(H2,23,24)(H,28,29)/t11-,12+,15?. The summed E-state index contributed by atoms with van der Waals surface area (Å²) in [5, 5.41) is 13.5. The van der Waals surface area contributed by atoms with Gasteiger partial charge in [-0.25, -0.2) is 9.97 Å². The number of nitrogens with one attached hydrogen (secondary N) is 1. The summed E-state index contributed by atoms with van der Waals surface area (Å²) in [6.07, 6.45) is 7.33.